The summed E-state index contributed by atoms with van der Waals surface area (Å²) in [6.07, 6.45) is 2.76. The summed E-state index contributed by atoms with van der Waals surface area (Å²) in [7, 11) is 3.13. The van der Waals surface area contributed by atoms with Gasteiger partial charge in [-0.1, -0.05) is 24.3 Å². The fraction of sp³-hybridized carbons (Fsp3) is 0.292. The molecule has 1 aliphatic rings. The van der Waals surface area contributed by atoms with Crippen LogP contribution in [0, 0.1) is 0 Å². The molecule has 0 radical (unpaired) electrons. The Balaban J connectivity index is 1.30. The summed E-state index contributed by atoms with van der Waals surface area (Å²) in [6, 6.07) is 12.0. The average Bonchev–Trinajstić information content (AvgIpc) is 3.35. The third-order valence-corrected chi connectivity index (χ3v) is 5.69. The number of methoxy groups -OCH3 is 2. The molecule has 4 amide bonds. The van der Waals surface area contributed by atoms with Gasteiger partial charge in [-0.2, -0.15) is 0 Å². The van der Waals surface area contributed by atoms with Crippen molar-refractivity contribution in [2.24, 2.45) is 0 Å². The van der Waals surface area contributed by atoms with Crippen molar-refractivity contribution in [3.8, 4) is 11.5 Å². The monoisotopic (exact) mass is 450 g/mol. The molecule has 3 aromatic rings. The molecule has 1 aliphatic heterocycles. The third kappa shape index (κ3) is 4.77. The van der Waals surface area contributed by atoms with Gasteiger partial charge in [0.05, 0.1) is 14.2 Å². The maximum Gasteiger partial charge on any atom is 0.325 e. The van der Waals surface area contributed by atoms with Gasteiger partial charge in [-0.3, -0.25) is 14.5 Å². The topological polar surface area (TPSA) is 113 Å². The summed E-state index contributed by atoms with van der Waals surface area (Å²) < 4.78 is 10.5. The van der Waals surface area contributed by atoms with Crippen LogP contribution in [0.15, 0.2) is 48.7 Å². The van der Waals surface area contributed by atoms with E-state index in [0.717, 1.165) is 26.9 Å². The second-order valence-electron chi connectivity index (χ2n) is 7.78. The number of aromatic nitrogens is 1. The Kier molecular flexibility index (Phi) is 6.48. The number of aromatic amines is 1. The maximum absolute atomic E-state index is 12.8. The van der Waals surface area contributed by atoms with Gasteiger partial charge in [0.25, 0.3) is 5.91 Å². The molecule has 9 nitrogen and oxygen atoms in total. The number of amides is 4. The molecule has 2 heterocycles. The molecular weight excluding hydrogens is 424 g/mol. The van der Waals surface area contributed by atoms with Crippen molar-refractivity contribution in [1.29, 1.82) is 0 Å². The zero-order valence-corrected chi connectivity index (χ0v) is 18.5. The summed E-state index contributed by atoms with van der Waals surface area (Å²) in [4.78, 5) is 41.6. The predicted molar refractivity (Wildman–Crippen MR) is 122 cm³/mol. The van der Waals surface area contributed by atoms with Crippen molar-refractivity contribution < 1.29 is 23.9 Å². The van der Waals surface area contributed by atoms with E-state index >= 15 is 0 Å². The Morgan fingerprint density at radius 1 is 1.09 bits per heavy atom. The highest BCUT2D eigenvalue weighted by Gasteiger charge is 2.39. The van der Waals surface area contributed by atoms with Gasteiger partial charge in [-0.25, -0.2) is 4.79 Å². The molecule has 4 rings (SSSR count). The average molecular weight is 450 g/mol. The van der Waals surface area contributed by atoms with Crippen molar-refractivity contribution >= 4 is 28.7 Å². The van der Waals surface area contributed by atoms with Crippen LogP contribution in [0.1, 0.15) is 11.1 Å². The zero-order chi connectivity index (χ0) is 23.4. The molecule has 1 fully saturated rings. The lowest BCUT2D eigenvalue weighted by molar-refractivity contribution is -0.132. The SMILES string of the molecule is COc1ccc(CCNC(=O)CN2C(=O)NC(Cc3c[nH]c4ccccc34)C2=O)cc1OC. The first-order chi connectivity index (χ1) is 16.0. The molecule has 0 saturated carbocycles. The Morgan fingerprint density at radius 3 is 2.67 bits per heavy atom. The predicted octanol–water partition coefficient (Wildman–Crippen LogP) is 2.01. The van der Waals surface area contributed by atoms with Gasteiger partial charge in [-0.05, 0) is 35.7 Å². The molecule has 1 aromatic heterocycles. The molecule has 0 bridgehead atoms. The van der Waals surface area contributed by atoms with E-state index in [2.05, 4.69) is 15.6 Å². The highest BCUT2D eigenvalue weighted by molar-refractivity contribution is 6.06. The summed E-state index contributed by atoms with van der Waals surface area (Å²) in [5.74, 6) is 0.444. The van der Waals surface area contributed by atoms with Crippen molar-refractivity contribution in [1.82, 2.24) is 20.5 Å². The fourth-order valence-corrected chi connectivity index (χ4v) is 3.97. The normalized spacial score (nSPS) is 15.6. The van der Waals surface area contributed by atoms with Gasteiger partial charge in [0.2, 0.25) is 5.91 Å². The van der Waals surface area contributed by atoms with E-state index in [9.17, 15) is 14.4 Å². The smallest absolute Gasteiger partial charge is 0.325 e. The van der Waals surface area contributed by atoms with Crippen LogP contribution in [0.3, 0.4) is 0 Å². The van der Waals surface area contributed by atoms with Crippen molar-refractivity contribution in [2.75, 3.05) is 27.3 Å². The van der Waals surface area contributed by atoms with E-state index < -0.39 is 23.9 Å². The Hall–Kier alpha value is -4.01. The molecule has 1 saturated heterocycles. The molecule has 0 spiro atoms. The Bertz CT molecular complexity index is 1190. The van der Waals surface area contributed by atoms with Crippen LogP contribution in [0.4, 0.5) is 4.79 Å². The second kappa shape index (κ2) is 9.64. The first-order valence-electron chi connectivity index (χ1n) is 10.6. The number of H-pyrrole nitrogens is 1. The number of nitrogens with one attached hydrogen (secondary N) is 3. The molecule has 33 heavy (non-hydrogen) atoms. The first-order valence-corrected chi connectivity index (χ1v) is 10.6. The zero-order valence-electron chi connectivity index (χ0n) is 18.5. The molecule has 172 valence electrons. The number of urea groups is 1. The highest BCUT2D eigenvalue weighted by atomic mass is 16.5. The third-order valence-electron chi connectivity index (χ3n) is 5.69. The molecule has 9 heteroatoms. The van der Waals surface area contributed by atoms with Gasteiger partial charge in [0.15, 0.2) is 11.5 Å². The van der Waals surface area contributed by atoms with E-state index in [1.54, 1.807) is 20.3 Å². The lowest BCUT2D eigenvalue weighted by Crippen LogP contribution is -2.41. The first kappa shape index (κ1) is 22.2. The number of imide groups is 1. The van der Waals surface area contributed by atoms with Gasteiger partial charge >= 0.3 is 6.03 Å². The van der Waals surface area contributed by atoms with Gasteiger partial charge in [0, 0.05) is 30.1 Å². The Morgan fingerprint density at radius 2 is 1.88 bits per heavy atom. The van der Waals surface area contributed by atoms with Crippen molar-refractivity contribution in [3.63, 3.8) is 0 Å². The molecule has 2 aromatic carbocycles. The van der Waals surface area contributed by atoms with Crippen LogP contribution in [0.25, 0.3) is 10.9 Å². The molecular formula is C24H26N4O5. The number of ether oxygens (including phenoxy) is 2. The van der Waals surface area contributed by atoms with Crippen molar-refractivity contribution in [2.45, 2.75) is 18.9 Å². The number of fused-ring (bicyclic) bond motifs is 1. The summed E-state index contributed by atoms with van der Waals surface area (Å²) in [6.45, 7) is 0.0394. The van der Waals surface area contributed by atoms with E-state index in [4.69, 9.17) is 9.47 Å². The molecule has 1 atom stereocenters. The van der Waals surface area contributed by atoms with Crippen LogP contribution in [-0.4, -0.2) is 61.1 Å². The van der Waals surface area contributed by atoms with E-state index in [1.165, 1.54) is 0 Å². The van der Waals surface area contributed by atoms with Crippen LogP contribution < -0.4 is 20.1 Å². The van der Waals surface area contributed by atoms with E-state index in [0.29, 0.717) is 30.9 Å². The fourth-order valence-electron chi connectivity index (χ4n) is 3.97. The van der Waals surface area contributed by atoms with Crippen LogP contribution >= 0.6 is 0 Å². The number of nitrogens with zero attached hydrogens (tertiary/aromatic N) is 1. The van der Waals surface area contributed by atoms with Crippen LogP contribution in [-0.2, 0) is 22.4 Å². The molecule has 1 unspecified atom stereocenters. The van der Waals surface area contributed by atoms with Crippen LogP contribution in [0.2, 0.25) is 0 Å². The lowest BCUT2D eigenvalue weighted by atomic mass is 10.1. The molecule has 0 aliphatic carbocycles. The van der Waals surface area contributed by atoms with Crippen molar-refractivity contribution in [3.05, 3.63) is 59.8 Å². The lowest BCUT2D eigenvalue weighted by Gasteiger charge is -2.13. The number of benzene rings is 2. The van der Waals surface area contributed by atoms with Crippen LogP contribution in [0.5, 0.6) is 11.5 Å². The number of hydrogen-bond acceptors (Lipinski definition) is 5. The maximum atomic E-state index is 12.8. The van der Waals surface area contributed by atoms with E-state index in [-0.39, 0.29) is 6.54 Å². The largest absolute Gasteiger partial charge is 0.493 e. The number of rotatable bonds is 9. The highest BCUT2D eigenvalue weighted by Crippen LogP contribution is 2.27. The standard InChI is InChI=1S/C24H26N4O5/c1-32-20-8-7-15(11-21(20)33-2)9-10-25-22(29)14-28-23(30)19(27-24(28)31)12-16-13-26-18-6-4-3-5-17(16)18/h3-8,11,13,19,26H,9-10,12,14H2,1-2H3,(H,25,29)(H,27,31). The Labute approximate surface area is 191 Å². The van der Waals surface area contributed by atoms with Gasteiger partial charge < -0.3 is 25.1 Å². The number of hydrogen-bond donors (Lipinski definition) is 3. The van der Waals surface area contributed by atoms with Gasteiger partial charge in [-0.15, -0.1) is 0 Å². The number of para-hydroxylation sites is 1. The van der Waals surface area contributed by atoms with E-state index in [1.807, 2.05) is 42.6 Å². The van der Waals surface area contributed by atoms with Gasteiger partial charge in [0.1, 0.15) is 12.6 Å². The quantitative estimate of drug-likeness (QED) is 0.432. The number of carbonyl (C=O) groups excluding carboxylic acids is 3. The summed E-state index contributed by atoms with van der Waals surface area (Å²) in [5, 5.41) is 6.45. The second-order valence-corrected chi connectivity index (χ2v) is 7.78. The number of carbonyl (C=O) groups is 3. The molecule has 3 N–H and O–H groups in total. The minimum Gasteiger partial charge on any atom is -0.493 e. The summed E-state index contributed by atoms with van der Waals surface area (Å²) in [5.41, 5.74) is 2.86. The summed E-state index contributed by atoms with van der Waals surface area (Å²) >= 11 is 0. The minimum absolute atomic E-state index is 0.318. The minimum atomic E-state index is -0.698.